The first-order valence-corrected chi connectivity index (χ1v) is 7.02. The van der Waals surface area contributed by atoms with Gasteiger partial charge in [-0.1, -0.05) is 30.3 Å². The zero-order valence-electron chi connectivity index (χ0n) is 10.5. The highest BCUT2D eigenvalue weighted by atomic mass is 32.2. The van der Waals surface area contributed by atoms with Crippen LogP contribution in [0.5, 0.6) is 11.5 Å². The van der Waals surface area contributed by atoms with Gasteiger partial charge in [0.05, 0.1) is 6.10 Å². The molecule has 0 amide bonds. The van der Waals surface area contributed by atoms with E-state index < -0.39 is 6.10 Å². The SMILES string of the molecule is CSc1ccccc1Oc1ccccc1[C@H](C)O. The lowest BCUT2D eigenvalue weighted by molar-refractivity contribution is 0.195. The third-order valence-electron chi connectivity index (χ3n) is 2.66. The second-order valence-corrected chi connectivity index (χ2v) is 4.81. The quantitative estimate of drug-likeness (QED) is 0.833. The predicted octanol–water partition coefficient (Wildman–Crippen LogP) is 4.25. The van der Waals surface area contributed by atoms with Crippen LogP contribution >= 0.6 is 11.8 Å². The van der Waals surface area contributed by atoms with Crippen molar-refractivity contribution >= 4 is 11.8 Å². The van der Waals surface area contributed by atoms with Gasteiger partial charge in [-0.15, -0.1) is 11.8 Å². The van der Waals surface area contributed by atoms with Crippen molar-refractivity contribution in [3.63, 3.8) is 0 Å². The largest absolute Gasteiger partial charge is 0.456 e. The van der Waals surface area contributed by atoms with Gasteiger partial charge in [0.1, 0.15) is 11.5 Å². The summed E-state index contributed by atoms with van der Waals surface area (Å²) in [5.41, 5.74) is 0.799. The first kappa shape index (κ1) is 13.0. The summed E-state index contributed by atoms with van der Waals surface area (Å²) in [6, 6.07) is 15.4. The Hall–Kier alpha value is -1.45. The second kappa shape index (κ2) is 5.94. The molecule has 3 heteroatoms. The van der Waals surface area contributed by atoms with Crippen LogP contribution in [-0.2, 0) is 0 Å². The smallest absolute Gasteiger partial charge is 0.140 e. The van der Waals surface area contributed by atoms with E-state index in [1.54, 1.807) is 18.7 Å². The number of rotatable bonds is 4. The van der Waals surface area contributed by atoms with Crippen LogP contribution in [-0.4, -0.2) is 11.4 Å². The van der Waals surface area contributed by atoms with E-state index in [-0.39, 0.29) is 0 Å². The molecule has 0 aliphatic rings. The van der Waals surface area contributed by atoms with Gasteiger partial charge in [-0.3, -0.25) is 0 Å². The molecule has 2 aromatic carbocycles. The van der Waals surface area contributed by atoms with E-state index in [0.717, 1.165) is 16.2 Å². The maximum Gasteiger partial charge on any atom is 0.140 e. The predicted molar refractivity (Wildman–Crippen MR) is 75.4 cm³/mol. The maximum atomic E-state index is 9.72. The van der Waals surface area contributed by atoms with Crippen molar-refractivity contribution in [3.8, 4) is 11.5 Å². The number of ether oxygens (including phenoxy) is 1. The van der Waals surface area contributed by atoms with Gasteiger partial charge in [0.2, 0.25) is 0 Å². The molecule has 2 aromatic rings. The van der Waals surface area contributed by atoms with Gasteiger partial charge in [0, 0.05) is 10.5 Å². The normalized spacial score (nSPS) is 12.2. The summed E-state index contributed by atoms with van der Waals surface area (Å²) in [7, 11) is 0. The second-order valence-electron chi connectivity index (χ2n) is 3.97. The Morgan fingerprint density at radius 3 is 2.28 bits per heavy atom. The number of benzene rings is 2. The van der Waals surface area contributed by atoms with Gasteiger partial charge in [-0.2, -0.15) is 0 Å². The van der Waals surface area contributed by atoms with Crippen LogP contribution in [0.25, 0.3) is 0 Å². The zero-order chi connectivity index (χ0) is 13.0. The fraction of sp³-hybridized carbons (Fsp3) is 0.200. The standard InChI is InChI=1S/C15H16O2S/c1-11(16)12-7-3-4-8-13(12)17-14-9-5-6-10-15(14)18-2/h3-11,16H,1-2H3/t11-/m0/s1. The summed E-state index contributed by atoms with van der Waals surface area (Å²) in [4.78, 5) is 1.08. The van der Waals surface area contributed by atoms with Crippen LogP contribution in [0.1, 0.15) is 18.6 Å². The monoisotopic (exact) mass is 260 g/mol. The van der Waals surface area contributed by atoms with Crippen molar-refractivity contribution in [3.05, 3.63) is 54.1 Å². The highest BCUT2D eigenvalue weighted by molar-refractivity contribution is 7.98. The first-order chi connectivity index (χ1) is 8.72. The third kappa shape index (κ3) is 2.86. The van der Waals surface area contributed by atoms with E-state index in [1.165, 1.54) is 0 Å². The van der Waals surface area contributed by atoms with Crippen molar-refractivity contribution in [1.82, 2.24) is 0 Å². The Kier molecular flexibility index (Phi) is 4.28. The van der Waals surface area contributed by atoms with Gasteiger partial charge >= 0.3 is 0 Å². The molecule has 0 unspecified atom stereocenters. The average Bonchev–Trinajstić information content (AvgIpc) is 2.40. The van der Waals surface area contributed by atoms with Crippen LogP contribution < -0.4 is 4.74 Å². The van der Waals surface area contributed by atoms with Crippen LogP contribution in [0.15, 0.2) is 53.4 Å². The van der Waals surface area contributed by atoms with E-state index in [2.05, 4.69) is 0 Å². The Morgan fingerprint density at radius 2 is 1.61 bits per heavy atom. The summed E-state index contributed by atoms with van der Waals surface area (Å²) in [5.74, 6) is 1.52. The number of aliphatic hydroxyl groups excluding tert-OH is 1. The molecular weight excluding hydrogens is 244 g/mol. The van der Waals surface area contributed by atoms with Gasteiger partial charge in [-0.25, -0.2) is 0 Å². The van der Waals surface area contributed by atoms with Crippen molar-refractivity contribution in [2.24, 2.45) is 0 Å². The molecule has 0 aliphatic heterocycles. The molecule has 1 N–H and O–H groups in total. The number of thioether (sulfide) groups is 1. The Balaban J connectivity index is 2.34. The van der Waals surface area contributed by atoms with E-state index in [1.807, 2.05) is 54.8 Å². The molecule has 0 spiro atoms. The molecule has 0 saturated carbocycles. The molecule has 94 valence electrons. The summed E-state index contributed by atoms with van der Waals surface area (Å²) >= 11 is 1.64. The molecule has 18 heavy (non-hydrogen) atoms. The van der Waals surface area contributed by atoms with Crippen LogP contribution in [0.3, 0.4) is 0 Å². The number of hydrogen-bond acceptors (Lipinski definition) is 3. The molecule has 0 fully saturated rings. The zero-order valence-corrected chi connectivity index (χ0v) is 11.3. The van der Waals surface area contributed by atoms with E-state index in [0.29, 0.717) is 5.75 Å². The van der Waals surface area contributed by atoms with E-state index in [4.69, 9.17) is 4.74 Å². The summed E-state index contributed by atoms with van der Waals surface area (Å²) in [6.45, 7) is 1.74. The molecule has 2 rings (SSSR count). The summed E-state index contributed by atoms with van der Waals surface area (Å²) in [6.07, 6.45) is 1.48. The molecule has 0 heterocycles. The summed E-state index contributed by atoms with van der Waals surface area (Å²) in [5, 5.41) is 9.72. The van der Waals surface area contributed by atoms with Crippen molar-refractivity contribution in [2.45, 2.75) is 17.9 Å². The molecule has 0 bridgehead atoms. The Bertz CT molecular complexity index is 523. The van der Waals surface area contributed by atoms with Crippen molar-refractivity contribution in [2.75, 3.05) is 6.26 Å². The molecule has 0 saturated heterocycles. The van der Waals surface area contributed by atoms with Gasteiger partial charge in [-0.05, 0) is 31.4 Å². The molecule has 0 aliphatic carbocycles. The minimum atomic E-state index is -0.539. The minimum Gasteiger partial charge on any atom is -0.456 e. The average molecular weight is 260 g/mol. The molecule has 1 atom stereocenters. The molecular formula is C15H16O2S. The van der Waals surface area contributed by atoms with Gasteiger partial charge in [0.25, 0.3) is 0 Å². The Labute approximate surface area is 112 Å². The maximum absolute atomic E-state index is 9.72. The van der Waals surface area contributed by atoms with Crippen molar-refractivity contribution < 1.29 is 9.84 Å². The number of hydrogen-bond donors (Lipinski definition) is 1. The Morgan fingerprint density at radius 1 is 1.00 bits per heavy atom. The fourth-order valence-electron chi connectivity index (χ4n) is 1.74. The van der Waals surface area contributed by atoms with Crippen LogP contribution in [0, 0.1) is 0 Å². The fourth-order valence-corrected chi connectivity index (χ4v) is 2.27. The molecule has 0 aromatic heterocycles. The van der Waals surface area contributed by atoms with Crippen molar-refractivity contribution in [1.29, 1.82) is 0 Å². The minimum absolute atomic E-state index is 0.539. The van der Waals surface area contributed by atoms with Gasteiger partial charge in [0.15, 0.2) is 0 Å². The lowest BCUT2D eigenvalue weighted by atomic mass is 10.1. The number of aliphatic hydroxyl groups is 1. The first-order valence-electron chi connectivity index (χ1n) is 5.80. The van der Waals surface area contributed by atoms with E-state index >= 15 is 0 Å². The van der Waals surface area contributed by atoms with Crippen LogP contribution in [0.4, 0.5) is 0 Å². The lowest BCUT2D eigenvalue weighted by Crippen LogP contribution is -1.96. The van der Waals surface area contributed by atoms with Crippen LogP contribution in [0.2, 0.25) is 0 Å². The highest BCUT2D eigenvalue weighted by Crippen LogP contribution is 2.34. The summed E-state index contributed by atoms with van der Waals surface area (Å²) < 4.78 is 5.91. The topological polar surface area (TPSA) is 29.5 Å². The third-order valence-corrected chi connectivity index (χ3v) is 3.44. The van der Waals surface area contributed by atoms with E-state index in [9.17, 15) is 5.11 Å². The van der Waals surface area contributed by atoms with Gasteiger partial charge < -0.3 is 9.84 Å². The highest BCUT2D eigenvalue weighted by Gasteiger charge is 2.10. The number of para-hydroxylation sites is 2. The molecule has 2 nitrogen and oxygen atoms in total. The molecule has 0 radical (unpaired) electrons. The lowest BCUT2D eigenvalue weighted by Gasteiger charge is -2.14.